The van der Waals surface area contributed by atoms with Gasteiger partial charge in [0, 0.05) is 5.56 Å². The molecular formula is C15H22O4. The van der Waals surface area contributed by atoms with E-state index < -0.39 is 5.97 Å². The highest BCUT2D eigenvalue weighted by Gasteiger charge is 2.23. The first-order chi connectivity index (χ1) is 9.10. The Hall–Kier alpha value is -1.71. The Morgan fingerprint density at radius 2 is 1.79 bits per heavy atom. The van der Waals surface area contributed by atoms with Crippen molar-refractivity contribution < 1.29 is 19.4 Å². The van der Waals surface area contributed by atoms with Gasteiger partial charge >= 0.3 is 5.97 Å². The average molecular weight is 266 g/mol. The third-order valence-electron chi connectivity index (χ3n) is 3.08. The third-order valence-corrected chi connectivity index (χ3v) is 3.08. The lowest BCUT2D eigenvalue weighted by Crippen LogP contribution is -2.09. The third kappa shape index (κ3) is 3.19. The van der Waals surface area contributed by atoms with Crippen LogP contribution >= 0.6 is 0 Å². The molecule has 0 fully saturated rings. The number of methoxy groups -OCH3 is 2. The quantitative estimate of drug-likeness (QED) is 0.822. The van der Waals surface area contributed by atoms with Crippen LogP contribution in [0, 0.1) is 0 Å². The first-order valence-electron chi connectivity index (χ1n) is 6.60. The van der Waals surface area contributed by atoms with Gasteiger partial charge in [-0.3, -0.25) is 0 Å². The van der Waals surface area contributed by atoms with Crippen LogP contribution in [-0.2, 0) is 12.8 Å². The molecule has 0 heterocycles. The van der Waals surface area contributed by atoms with Crippen LogP contribution in [0.1, 0.15) is 48.2 Å². The summed E-state index contributed by atoms with van der Waals surface area (Å²) in [6.07, 6.45) is 3.34. The van der Waals surface area contributed by atoms with Crippen molar-refractivity contribution in [2.75, 3.05) is 14.2 Å². The predicted octanol–water partition coefficient (Wildman–Crippen LogP) is 3.31. The maximum Gasteiger partial charge on any atom is 0.339 e. The standard InChI is InChI=1S/C15H22O4/c1-5-7-10-9-12(18-3)13(15(16)17)11(8-6-2)14(10)19-4/h9H,5-8H2,1-4H3,(H,16,17). The van der Waals surface area contributed by atoms with Crippen molar-refractivity contribution in [3.05, 3.63) is 22.8 Å². The minimum absolute atomic E-state index is 0.223. The minimum atomic E-state index is -0.971. The Bertz CT molecular complexity index is 452. The Labute approximate surface area is 114 Å². The summed E-state index contributed by atoms with van der Waals surface area (Å²) in [6.45, 7) is 4.10. The van der Waals surface area contributed by atoms with Crippen molar-refractivity contribution in [1.29, 1.82) is 0 Å². The molecular weight excluding hydrogens is 244 g/mol. The van der Waals surface area contributed by atoms with Crippen LogP contribution in [0.3, 0.4) is 0 Å². The molecule has 0 aliphatic rings. The monoisotopic (exact) mass is 266 g/mol. The predicted molar refractivity (Wildman–Crippen MR) is 74.5 cm³/mol. The number of carboxylic acid groups (broad SMARTS) is 1. The molecule has 1 aromatic rings. The van der Waals surface area contributed by atoms with Crippen LogP contribution in [0.4, 0.5) is 0 Å². The van der Waals surface area contributed by atoms with Gasteiger partial charge in [-0.1, -0.05) is 26.7 Å². The topological polar surface area (TPSA) is 55.8 Å². The highest BCUT2D eigenvalue weighted by Crippen LogP contribution is 2.36. The molecule has 1 aromatic carbocycles. The van der Waals surface area contributed by atoms with Gasteiger partial charge in [0.1, 0.15) is 17.1 Å². The molecule has 0 amide bonds. The first kappa shape index (κ1) is 15.3. The Morgan fingerprint density at radius 1 is 1.16 bits per heavy atom. The summed E-state index contributed by atoms with van der Waals surface area (Å²) in [4.78, 5) is 11.5. The van der Waals surface area contributed by atoms with Gasteiger partial charge in [-0.2, -0.15) is 0 Å². The fraction of sp³-hybridized carbons (Fsp3) is 0.533. The van der Waals surface area contributed by atoms with Crippen molar-refractivity contribution in [3.8, 4) is 11.5 Å². The number of rotatable bonds is 7. The van der Waals surface area contributed by atoms with E-state index in [1.807, 2.05) is 6.92 Å². The average Bonchev–Trinajstić information content (AvgIpc) is 2.38. The fourth-order valence-electron chi connectivity index (χ4n) is 2.35. The smallest absolute Gasteiger partial charge is 0.339 e. The molecule has 4 nitrogen and oxygen atoms in total. The summed E-state index contributed by atoms with van der Waals surface area (Å²) in [5.41, 5.74) is 1.97. The van der Waals surface area contributed by atoms with Gasteiger partial charge < -0.3 is 14.6 Å². The van der Waals surface area contributed by atoms with Crippen LogP contribution in [-0.4, -0.2) is 25.3 Å². The summed E-state index contributed by atoms with van der Waals surface area (Å²) in [5, 5.41) is 9.41. The fourth-order valence-corrected chi connectivity index (χ4v) is 2.35. The van der Waals surface area contributed by atoms with E-state index in [0.29, 0.717) is 17.9 Å². The van der Waals surface area contributed by atoms with E-state index >= 15 is 0 Å². The van der Waals surface area contributed by atoms with Gasteiger partial charge in [-0.25, -0.2) is 4.79 Å². The molecule has 106 valence electrons. The minimum Gasteiger partial charge on any atom is -0.496 e. The molecule has 19 heavy (non-hydrogen) atoms. The van der Waals surface area contributed by atoms with E-state index in [1.165, 1.54) is 7.11 Å². The zero-order valence-corrected chi connectivity index (χ0v) is 12.1. The van der Waals surface area contributed by atoms with Crippen LogP contribution in [0.2, 0.25) is 0 Å². The van der Waals surface area contributed by atoms with Gasteiger partial charge in [0.25, 0.3) is 0 Å². The van der Waals surface area contributed by atoms with E-state index in [0.717, 1.165) is 30.4 Å². The van der Waals surface area contributed by atoms with Crippen molar-refractivity contribution >= 4 is 5.97 Å². The van der Waals surface area contributed by atoms with Gasteiger partial charge in [-0.05, 0) is 24.5 Å². The van der Waals surface area contributed by atoms with E-state index in [-0.39, 0.29) is 5.56 Å². The molecule has 0 radical (unpaired) electrons. The van der Waals surface area contributed by atoms with Crippen molar-refractivity contribution in [2.24, 2.45) is 0 Å². The second-order valence-corrected chi connectivity index (χ2v) is 4.43. The molecule has 0 atom stereocenters. The van der Waals surface area contributed by atoms with Crippen LogP contribution in [0.25, 0.3) is 0 Å². The Morgan fingerprint density at radius 3 is 2.21 bits per heavy atom. The number of aryl methyl sites for hydroxylation is 1. The number of carbonyl (C=O) groups is 1. The van der Waals surface area contributed by atoms with Crippen molar-refractivity contribution in [1.82, 2.24) is 0 Å². The lowest BCUT2D eigenvalue weighted by molar-refractivity contribution is 0.0691. The molecule has 1 N–H and O–H groups in total. The lowest BCUT2D eigenvalue weighted by atomic mass is 9.95. The Kier molecular flexibility index (Phi) is 5.67. The number of aromatic carboxylic acids is 1. The molecule has 0 aliphatic heterocycles. The SMILES string of the molecule is CCCc1cc(OC)c(C(=O)O)c(CCC)c1OC. The van der Waals surface area contributed by atoms with Gasteiger partial charge in [0.2, 0.25) is 0 Å². The van der Waals surface area contributed by atoms with Crippen LogP contribution in [0.15, 0.2) is 6.07 Å². The molecule has 0 aliphatic carbocycles. The summed E-state index contributed by atoms with van der Waals surface area (Å²) >= 11 is 0. The van der Waals surface area contributed by atoms with E-state index in [1.54, 1.807) is 13.2 Å². The molecule has 4 heteroatoms. The zero-order chi connectivity index (χ0) is 14.4. The molecule has 0 saturated heterocycles. The summed E-state index contributed by atoms with van der Waals surface area (Å²) in [6, 6.07) is 1.78. The first-order valence-corrected chi connectivity index (χ1v) is 6.60. The van der Waals surface area contributed by atoms with Crippen molar-refractivity contribution in [2.45, 2.75) is 39.5 Å². The number of hydrogen-bond acceptors (Lipinski definition) is 3. The normalized spacial score (nSPS) is 10.3. The maximum atomic E-state index is 11.5. The van der Waals surface area contributed by atoms with Crippen LogP contribution in [0.5, 0.6) is 11.5 Å². The van der Waals surface area contributed by atoms with Gasteiger partial charge in [0.15, 0.2) is 0 Å². The maximum absolute atomic E-state index is 11.5. The number of benzene rings is 1. The largest absolute Gasteiger partial charge is 0.496 e. The molecule has 0 bridgehead atoms. The molecule has 0 aromatic heterocycles. The zero-order valence-electron chi connectivity index (χ0n) is 12.1. The van der Waals surface area contributed by atoms with E-state index in [9.17, 15) is 9.90 Å². The molecule has 0 spiro atoms. The van der Waals surface area contributed by atoms with E-state index in [2.05, 4.69) is 6.92 Å². The number of carboxylic acids is 1. The van der Waals surface area contributed by atoms with Crippen LogP contribution < -0.4 is 9.47 Å². The van der Waals surface area contributed by atoms with Crippen molar-refractivity contribution in [3.63, 3.8) is 0 Å². The molecule has 0 unspecified atom stereocenters. The number of ether oxygens (including phenoxy) is 2. The molecule has 0 saturated carbocycles. The summed E-state index contributed by atoms with van der Waals surface area (Å²) in [5.74, 6) is 0.142. The van der Waals surface area contributed by atoms with Gasteiger partial charge in [0.05, 0.1) is 14.2 Å². The summed E-state index contributed by atoms with van der Waals surface area (Å²) < 4.78 is 10.7. The summed E-state index contributed by atoms with van der Waals surface area (Å²) in [7, 11) is 3.09. The van der Waals surface area contributed by atoms with E-state index in [4.69, 9.17) is 9.47 Å². The number of hydrogen-bond donors (Lipinski definition) is 1. The van der Waals surface area contributed by atoms with Gasteiger partial charge in [-0.15, -0.1) is 0 Å². The lowest BCUT2D eigenvalue weighted by Gasteiger charge is -2.18. The highest BCUT2D eigenvalue weighted by molar-refractivity contribution is 5.94. The second-order valence-electron chi connectivity index (χ2n) is 4.43. The Balaban J connectivity index is 3.56. The highest BCUT2D eigenvalue weighted by atomic mass is 16.5. The molecule has 1 rings (SSSR count). The second kappa shape index (κ2) is 7.02.